The molecule has 2 nitrogen and oxygen atoms in total. The fourth-order valence-corrected chi connectivity index (χ4v) is 3.32. The van der Waals surface area contributed by atoms with E-state index in [1.54, 1.807) is 11.3 Å². The number of rotatable bonds is 5. The highest BCUT2D eigenvalue weighted by Crippen LogP contribution is 2.25. The van der Waals surface area contributed by atoms with E-state index in [1.165, 1.54) is 17.0 Å². The highest BCUT2D eigenvalue weighted by atomic mass is 32.1. The van der Waals surface area contributed by atoms with Crippen LogP contribution in [0.5, 0.6) is 0 Å². The first kappa shape index (κ1) is 14.9. The molecule has 0 saturated heterocycles. The summed E-state index contributed by atoms with van der Waals surface area (Å²) in [5, 5.41) is 1.05. The topological polar surface area (TPSA) is 16.1 Å². The third-order valence-corrected chi connectivity index (χ3v) is 4.40. The van der Waals surface area contributed by atoms with Gasteiger partial charge < -0.3 is 0 Å². The number of aromatic nitrogens is 1. The van der Waals surface area contributed by atoms with E-state index >= 15 is 0 Å². The molecule has 0 aliphatic rings. The van der Waals surface area contributed by atoms with Gasteiger partial charge >= 0.3 is 0 Å². The molecule has 0 radical (unpaired) electrons. The maximum Gasteiger partial charge on any atom is 0.123 e. The van der Waals surface area contributed by atoms with Crippen molar-refractivity contribution in [3.63, 3.8) is 0 Å². The Kier molecular flexibility index (Phi) is 4.61. The van der Waals surface area contributed by atoms with E-state index < -0.39 is 0 Å². The second kappa shape index (κ2) is 6.81. The summed E-state index contributed by atoms with van der Waals surface area (Å²) >= 11 is 1.71. The third kappa shape index (κ3) is 3.78. The van der Waals surface area contributed by atoms with E-state index in [0.29, 0.717) is 0 Å². The minimum atomic E-state index is -0.193. The van der Waals surface area contributed by atoms with Crippen LogP contribution in [0.1, 0.15) is 10.4 Å². The van der Waals surface area contributed by atoms with Gasteiger partial charge in [0, 0.05) is 29.7 Å². The Bertz CT molecular complexity index is 722. The molecular weight excluding hydrogens is 295 g/mol. The molecule has 0 aliphatic heterocycles. The Morgan fingerprint density at radius 3 is 2.45 bits per heavy atom. The maximum absolute atomic E-state index is 12.9. The summed E-state index contributed by atoms with van der Waals surface area (Å²) in [6, 6.07) is 16.9. The van der Waals surface area contributed by atoms with Crippen molar-refractivity contribution in [1.29, 1.82) is 0 Å². The van der Waals surface area contributed by atoms with Crippen LogP contribution < -0.4 is 0 Å². The van der Waals surface area contributed by atoms with Gasteiger partial charge in [0.1, 0.15) is 10.8 Å². The van der Waals surface area contributed by atoms with E-state index in [2.05, 4.69) is 29.1 Å². The molecule has 0 bridgehead atoms. The van der Waals surface area contributed by atoms with Crippen molar-refractivity contribution in [2.45, 2.75) is 13.1 Å². The molecule has 0 atom stereocenters. The summed E-state index contributed by atoms with van der Waals surface area (Å²) in [5.41, 5.74) is 2.26. The lowest BCUT2D eigenvalue weighted by atomic mass is 10.2. The van der Waals surface area contributed by atoms with Gasteiger partial charge in [-0.1, -0.05) is 42.5 Å². The van der Waals surface area contributed by atoms with Gasteiger partial charge in [0.05, 0.1) is 0 Å². The molecule has 0 spiro atoms. The normalized spacial score (nSPS) is 11.0. The number of halogens is 1. The SMILES string of the molecule is CN(Cc1ccc(F)cc1)Cc1cnc(-c2ccccc2)s1. The molecule has 112 valence electrons. The van der Waals surface area contributed by atoms with Crippen molar-refractivity contribution in [1.82, 2.24) is 9.88 Å². The number of thiazole rings is 1. The molecule has 4 heteroatoms. The third-order valence-electron chi connectivity index (χ3n) is 3.37. The van der Waals surface area contributed by atoms with E-state index in [-0.39, 0.29) is 5.82 Å². The fraction of sp³-hybridized carbons (Fsp3) is 0.167. The second-order valence-electron chi connectivity index (χ2n) is 5.30. The molecule has 3 rings (SSSR count). The van der Waals surface area contributed by atoms with E-state index in [4.69, 9.17) is 0 Å². The average molecular weight is 312 g/mol. The van der Waals surface area contributed by atoms with Gasteiger partial charge in [-0.05, 0) is 24.7 Å². The first-order valence-corrected chi connectivity index (χ1v) is 7.95. The lowest BCUT2D eigenvalue weighted by Gasteiger charge is -2.15. The van der Waals surface area contributed by atoms with Gasteiger partial charge in [0.15, 0.2) is 0 Å². The predicted molar refractivity (Wildman–Crippen MR) is 89.1 cm³/mol. The number of nitrogens with zero attached hydrogens (tertiary/aromatic N) is 2. The summed E-state index contributed by atoms with van der Waals surface area (Å²) in [4.78, 5) is 7.93. The molecule has 0 amide bonds. The first-order valence-electron chi connectivity index (χ1n) is 7.14. The van der Waals surface area contributed by atoms with Crippen LogP contribution in [-0.4, -0.2) is 16.9 Å². The quantitative estimate of drug-likeness (QED) is 0.685. The van der Waals surface area contributed by atoms with Crippen LogP contribution in [0, 0.1) is 5.82 Å². The van der Waals surface area contributed by atoms with Crippen LogP contribution in [0.2, 0.25) is 0 Å². The summed E-state index contributed by atoms with van der Waals surface area (Å²) in [6.07, 6.45) is 1.94. The first-order chi connectivity index (χ1) is 10.7. The van der Waals surface area contributed by atoms with Crippen molar-refractivity contribution in [3.8, 4) is 10.6 Å². The highest BCUT2D eigenvalue weighted by molar-refractivity contribution is 7.15. The second-order valence-corrected chi connectivity index (χ2v) is 6.41. The smallest absolute Gasteiger partial charge is 0.123 e. The molecule has 0 saturated carbocycles. The molecule has 0 aliphatic carbocycles. The molecule has 0 N–H and O–H groups in total. The van der Waals surface area contributed by atoms with Crippen molar-refractivity contribution in [3.05, 3.63) is 77.1 Å². The number of benzene rings is 2. The number of hydrogen-bond donors (Lipinski definition) is 0. The molecule has 1 heterocycles. The molecule has 1 aromatic heterocycles. The lowest BCUT2D eigenvalue weighted by molar-refractivity contribution is 0.321. The van der Waals surface area contributed by atoms with Crippen molar-refractivity contribution in [2.75, 3.05) is 7.05 Å². The summed E-state index contributed by atoms with van der Waals surface area (Å²) in [6.45, 7) is 1.63. The van der Waals surface area contributed by atoms with E-state index in [1.807, 2.05) is 36.5 Å². The maximum atomic E-state index is 12.9. The largest absolute Gasteiger partial charge is 0.297 e. The predicted octanol–water partition coefficient (Wildman–Crippen LogP) is 4.58. The van der Waals surface area contributed by atoms with Crippen LogP contribution in [0.4, 0.5) is 4.39 Å². The zero-order valence-electron chi connectivity index (χ0n) is 12.4. The van der Waals surface area contributed by atoms with Crippen LogP contribution >= 0.6 is 11.3 Å². The summed E-state index contributed by atoms with van der Waals surface area (Å²) in [7, 11) is 2.06. The number of hydrogen-bond acceptors (Lipinski definition) is 3. The molecule has 22 heavy (non-hydrogen) atoms. The zero-order valence-corrected chi connectivity index (χ0v) is 13.2. The van der Waals surface area contributed by atoms with Gasteiger partial charge in [-0.2, -0.15) is 0 Å². The Balaban J connectivity index is 1.63. The Morgan fingerprint density at radius 2 is 1.73 bits per heavy atom. The van der Waals surface area contributed by atoms with Gasteiger partial charge in [-0.15, -0.1) is 11.3 Å². The zero-order chi connectivity index (χ0) is 15.4. The monoisotopic (exact) mass is 312 g/mol. The Morgan fingerprint density at radius 1 is 1.00 bits per heavy atom. The van der Waals surface area contributed by atoms with E-state index in [0.717, 1.165) is 29.2 Å². The van der Waals surface area contributed by atoms with Crippen LogP contribution in [-0.2, 0) is 13.1 Å². The standard InChI is InChI=1S/C18H17FN2S/c1-21(12-14-7-9-16(19)10-8-14)13-17-11-20-18(22-17)15-5-3-2-4-6-15/h2-11H,12-13H2,1H3. The Hall–Kier alpha value is -2.04. The van der Waals surface area contributed by atoms with Crippen molar-refractivity contribution >= 4 is 11.3 Å². The molecule has 0 unspecified atom stereocenters. The van der Waals surface area contributed by atoms with E-state index in [9.17, 15) is 4.39 Å². The minimum absolute atomic E-state index is 0.193. The van der Waals surface area contributed by atoms with Gasteiger partial charge in [-0.25, -0.2) is 9.37 Å². The van der Waals surface area contributed by atoms with Crippen LogP contribution in [0.3, 0.4) is 0 Å². The van der Waals surface area contributed by atoms with Crippen molar-refractivity contribution < 1.29 is 4.39 Å². The minimum Gasteiger partial charge on any atom is -0.297 e. The molecular formula is C18H17FN2S. The van der Waals surface area contributed by atoms with Gasteiger partial charge in [-0.3, -0.25) is 4.90 Å². The van der Waals surface area contributed by atoms with Gasteiger partial charge in [0.2, 0.25) is 0 Å². The fourth-order valence-electron chi connectivity index (χ4n) is 2.32. The summed E-state index contributed by atoms with van der Waals surface area (Å²) < 4.78 is 12.9. The van der Waals surface area contributed by atoms with Crippen LogP contribution in [0.25, 0.3) is 10.6 Å². The summed E-state index contributed by atoms with van der Waals surface area (Å²) in [5.74, 6) is -0.193. The van der Waals surface area contributed by atoms with Crippen molar-refractivity contribution in [2.24, 2.45) is 0 Å². The average Bonchev–Trinajstić information content (AvgIpc) is 2.99. The highest BCUT2D eigenvalue weighted by Gasteiger charge is 2.07. The molecule has 2 aromatic carbocycles. The lowest BCUT2D eigenvalue weighted by Crippen LogP contribution is -2.16. The van der Waals surface area contributed by atoms with Gasteiger partial charge in [0.25, 0.3) is 0 Å². The molecule has 3 aromatic rings. The molecule has 0 fully saturated rings. The Labute approximate surface area is 133 Å². The van der Waals surface area contributed by atoms with Crippen LogP contribution in [0.15, 0.2) is 60.8 Å².